The van der Waals surface area contributed by atoms with Crippen molar-refractivity contribution in [3.05, 3.63) is 98.3 Å². The van der Waals surface area contributed by atoms with Crippen LogP contribution in [-0.2, 0) is 0 Å². The number of amides is 1. The van der Waals surface area contributed by atoms with Gasteiger partial charge in [-0.25, -0.2) is 0 Å². The molecular weight excluding hydrogens is 510 g/mol. The Kier molecular flexibility index (Phi) is 6.34. The minimum atomic E-state index is -0.666. The third-order valence-corrected chi connectivity index (χ3v) is 6.40. The van der Waals surface area contributed by atoms with Gasteiger partial charge in [0.2, 0.25) is 5.76 Å². The summed E-state index contributed by atoms with van der Waals surface area (Å²) in [7, 11) is 0. The lowest BCUT2D eigenvalue weighted by Crippen LogP contribution is -2.29. The van der Waals surface area contributed by atoms with Crippen LogP contribution in [0.15, 0.2) is 80.4 Å². The first-order chi connectivity index (χ1) is 17.0. The monoisotopic (exact) mass is 533 g/mol. The van der Waals surface area contributed by atoms with Gasteiger partial charge in [0.15, 0.2) is 5.43 Å². The minimum Gasteiger partial charge on any atom is -0.494 e. The Morgan fingerprint density at radius 2 is 1.74 bits per heavy atom. The molecule has 0 saturated heterocycles. The highest BCUT2D eigenvalue weighted by atomic mass is 79.9. The number of halogens is 1. The second-order valence-corrected chi connectivity index (χ2v) is 9.16. The maximum Gasteiger partial charge on any atom is 0.295 e. The minimum absolute atomic E-state index is 0.0589. The van der Waals surface area contributed by atoms with Gasteiger partial charge in [-0.3, -0.25) is 14.5 Å². The van der Waals surface area contributed by atoms with Gasteiger partial charge in [-0.2, -0.15) is 0 Å². The molecule has 2 heterocycles. The van der Waals surface area contributed by atoms with Gasteiger partial charge in [0.25, 0.3) is 5.91 Å². The fourth-order valence-corrected chi connectivity index (χ4v) is 4.75. The number of rotatable bonds is 7. The lowest BCUT2D eigenvalue weighted by atomic mass is 9.98. The van der Waals surface area contributed by atoms with Crippen molar-refractivity contribution in [3.63, 3.8) is 0 Å². The molecule has 0 radical (unpaired) electrons. The van der Waals surface area contributed by atoms with E-state index in [1.165, 1.54) is 0 Å². The van der Waals surface area contributed by atoms with Crippen LogP contribution in [0.4, 0.5) is 5.69 Å². The van der Waals surface area contributed by atoms with Gasteiger partial charge in [0.1, 0.15) is 17.1 Å². The van der Waals surface area contributed by atoms with Crippen molar-refractivity contribution in [1.82, 2.24) is 0 Å². The number of carbonyl (C=O) groups excluding carboxylic acids is 1. The van der Waals surface area contributed by atoms with Crippen LogP contribution in [0.1, 0.15) is 48.0 Å². The van der Waals surface area contributed by atoms with Gasteiger partial charge in [0, 0.05) is 10.2 Å². The van der Waals surface area contributed by atoms with Crippen molar-refractivity contribution < 1.29 is 18.7 Å². The molecule has 0 bridgehead atoms. The van der Waals surface area contributed by atoms with E-state index in [2.05, 4.69) is 15.9 Å². The van der Waals surface area contributed by atoms with Crippen molar-refractivity contribution in [2.24, 2.45) is 0 Å². The molecule has 0 fully saturated rings. The van der Waals surface area contributed by atoms with E-state index in [4.69, 9.17) is 13.9 Å². The normalized spacial score (nSPS) is 14.9. The summed E-state index contributed by atoms with van der Waals surface area (Å²) < 4.78 is 18.2. The number of hydrogen-bond donors (Lipinski definition) is 0. The van der Waals surface area contributed by atoms with Crippen molar-refractivity contribution in [3.8, 4) is 11.5 Å². The second-order valence-electron chi connectivity index (χ2n) is 8.24. The van der Waals surface area contributed by atoms with E-state index in [1.807, 2.05) is 62.4 Å². The Morgan fingerprint density at radius 1 is 0.943 bits per heavy atom. The zero-order chi connectivity index (χ0) is 24.5. The molecule has 6 nitrogen and oxygen atoms in total. The van der Waals surface area contributed by atoms with Gasteiger partial charge in [-0.1, -0.05) is 35.0 Å². The first kappa shape index (κ1) is 23.2. The largest absolute Gasteiger partial charge is 0.494 e. The lowest BCUT2D eigenvalue weighted by molar-refractivity contribution is 0.0971. The van der Waals surface area contributed by atoms with Crippen LogP contribution in [0.25, 0.3) is 11.0 Å². The Balaban J connectivity index is 1.71. The summed E-state index contributed by atoms with van der Waals surface area (Å²) >= 11 is 3.43. The molecule has 1 aliphatic heterocycles. The van der Waals surface area contributed by atoms with E-state index in [1.54, 1.807) is 23.1 Å². The highest BCUT2D eigenvalue weighted by Gasteiger charge is 2.43. The molecule has 7 heteroatoms. The maximum atomic E-state index is 13.8. The van der Waals surface area contributed by atoms with E-state index >= 15 is 0 Å². The molecule has 0 saturated carbocycles. The second kappa shape index (κ2) is 9.58. The maximum absolute atomic E-state index is 13.8. The third kappa shape index (κ3) is 4.21. The van der Waals surface area contributed by atoms with E-state index in [0.29, 0.717) is 46.9 Å². The van der Waals surface area contributed by atoms with E-state index < -0.39 is 6.04 Å². The Morgan fingerprint density at radius 3 is 2.49 bits per heavy atom. The highest BCUT2D eigenvalue weighted by Crippen LogP contribution is 2.42. The van der Waals surface area contributed by atoms with Gasteiger partial charge in [-0.05, 0) is 73.5 Å². The molecule has 0 spiro atoms. The third-order valence-electron chi connectivity index (χ3n) is 5.90. The number of benzene rings is 3. The van der Waals surface area contributed by atoms with Crippen molar-refractivity contribution >= 4 is 38.5 Å². The van der Waals surface area contributed by atoms with Crippen molar-refractivity contribution in [1.29, 1.82) is 0 Å². The molecule has 1 unspecified atom stereocenters. The number of hydrogen-bond acceptors (Lipinski definition) is 5. The van der Waals surface area contributed by atoms with Crippen LogP contribution in [0, 0.1) is 0 Å². The van der Waals surface area contributed by atoms with Crippen molar-refractivity contribution in [2.75, 3.05) is 18.1 Å². The molecule has 35 heavy (non-hydrogen) atoms. The Bertz CT molecular complexity index is 1460. The zero-order valence-corrected chi connectivity index (χ0v) is 21.0. The first-order valence-corrected chi connectivity index (χ1v) is 12.4. The topological polar surface area (TPSA) is 69.0 Å². The van der Waals surface area contributed by atoms with Crippen LogP contribution < -0.4 is 19.8 Å². The average Bonchev–Trinajstić information content (AvgIpc) is 3.16. The molecule has 1 atom stereocenters. The SMILES string of the molecule is CCCOc1cccc(C2c3c(oc4ccc(Br)cc4c3=O)C(=O)N2c2ccc(OCC)cc2)c1. The standard InChI is InChI=1S/C28H24BrNO5/c1-3-14-34-21-7-5-6-17(15-21)25-24-26(31)22-16-18(29)8-13-23(22)35-27(24)28(32)30(25)19-9-11-20(12-10-19)33-4-2/h5-13,15-16,25H,3-4,14H2,1-2H3. The highest BCUT2D eigenvalue weighted by molar-refractivity contribution is 9.10. The summed E-state index contributed by atoms with van der Waals surface area (Å²) in [5.41, 5.74) is 1.87. The van der Waals surface area contributed by atoms with Crippen LogP contribution in [0.3, 0.4) is 0 Å². The Hall–Kier alpha value is -3.58. The molecule has 0 N–H and O–H groups in total. The average molecular weight is 534 g/mol. The van der Waals surface area contributed by atoms with Gasteiger partial charge in [0.05, 0.1) is 30.2 Å². The van der Waals surface area contributed by atoms with Gasteiger partial charge in [-0.15, -0.1) is 0 Å². The number of ether oxygens (including phenoxy) is 2. The van der Waals surface area contributed by atoms with Crippen LogP contribution in [0.2, 0.25) is 0 Å². The number of nitrogens with zero attached hydrogens (tertiary/aromatic N) is 1. The Labute approximate surface area is 211 Å². The van der Waals surface area contributed by atoms with Gasteiger partial charge < -0.3 is 13.9 Å². The molecule has 4 aromatic rings. The molecular formula is C28H24BrNO5. The number of anilines is 1. The molecule has 1 aliphatic rings. The summed E-state index contributed by atoms with van der Waals surface area (Å²) in [6, 6.07) is 19.3. The molecule has 1 amide bonds. The summed E-state index contributed by atoms with van der Waals surface area (Å²) in [4.78, 5) is 29.1. The predicted octanol–water partition coefficient (Wildman–Crippen LogP) is 6.49. The smallest absolute Gasteiger partial charge is 0.295 e. The molecule has 3 aromatic carbocycles. The molecule has 0 aliphatic carbocycles. The van der Waals surface area contributed by atoms with E-state index in [9.17, 15) is 9.59 Å². The van der Waals surface area contributed by atoms with Crippen molar-refractivity contribution in [2.45, 2.75) is 26.3 Å². The lowest BCUT2D eigenvalue weighted by Gasteiger charge is -2.25. The summed E-state index contributed by atoms with van der Waals surface area (Å²) in [5, 5.41) is 0.419. The number of fused-ring (bicyclic) bond motifs is 2. The van der Waals surface area contributed by atoms with Gasteiger partial charge >= 0.3 is 0 Å². The fourth-order valence-electron chi connectivity index (χ4n) is 4.39. The predicted molar refractivity (Wildman–Crippen MR) is 139 cm³/mol. The van der Waals surface area contributed by atoms with E-state index in [-0.39, 0.29) is 17.1 Å². The summed E-state index contributed by atoms with van der Waals surface area (Å²) in [5.74, 6) is 1.08. The molecule has 5 rings (SSSR count). The zero-order valence-electron chi connectivity index (χ0n) is 19.4. The fraction of sp³-hybridized carbons (Fsp3) is 0.214. The summed E-state index contributed by atoms with van der Waals surface area (Å²) in [6.45, 7) is 5.07. The van der Waals surface area contributed by atoms with Crippen LogP contribution >= 0.6 is 15.9 Å². The molecule has 1 aromatic heterocycles. The van der Waals surface area contributed by atoms with E-state index in [0.717, 1.165) is 16.5 Å². The quantitative estimate of drug-likeness (QED) is 0.271. The van der Waals surface area contributed by atoms with Crippen LogP contribution in [-0.4, -0.2) is 19.1 Å². The first-order valence-electron chi connectivity index (χ1n) is 11.6. The van der Waals surface area contributed by atoms with Crippen LogP contribution in [0.5, 0.6) is 11.5 Å². The summed E-state index contributed by atoms with van der Waals surface area (Å²) in [6.07, 6.45) is 0.873. The number of carbonyl (C=O) groups is 1. The molecule has 178 valence electrons.